The van der Waals surface area contributed by atoms with Crippen molar-refractivity contribution in [1.29, 1.82) is 0 Å². The SMILES string of the molecule is CNS(=O)(=O)c1cc(/C=C/C(=O)Nc2nc3cc4c(cc3s2)OCCO4)ccc1OC. The van der Waals surface area contributed by atoms with E-state index in [0.29, 0.717) is 40.9 Å². The molecule has 31 heavy (non-hydrogen) atoms. The van der Waals surface area contributed by atoms with Crippen molar-refractivity contribution in [3.63, 3.8) is 0 Å². The maximum Gasteiger partial charge on any atom is 0.250 e. The average Bonchev–Trinajstić information content (AvgIpc) is 3.16. The molecule has 0 saturated carbocycles. The number of carbonyl (C=O) groups is 1. The van der Waals surface area contributed by atoms with Crippen LogP contribution in [0.2, 0.25) is 0 Å². The number of carbonyl (C=O) groups excluding carboxylic acids is 1. The molecule has 1 aliphatic rings. The molecule has 0 saturated heterocycles. The molecule has 162 valence electrons. The summed E-state index contributed by atoms with van der Waals surface area (Å²) >= 11 is 1.32. The Bertz CT molecular complexity index is 1240. The number of ether oxygens (including phenoxy) is 3. The molecule has 1 aliphatic heterocycles. The minimum absolute atomic E-state index is 0.0142. The predicted molar refractivity (Wildman–Crippen MR) is 118 cm³/mol. The summed E-state index contributed by atoms with van der Waals surface area (Å²) in [4.78, 5) is 16.7. The van der Waals surface area contributed by atoms with Crippen LogP contribution in [-0.2, 0) is 14.8 Å². The van der Waals surface area contributed by atoms with Crippen LogP contribution in [0.1, 0.15) is 5.56 Å². The highest BCUT2D eigenvalue weighted by Crippen LogP contribution is 2.37. The molecular weight excluding hydrogens is 442 g/mol. The lowest BCUT2D eigenvalue weighted by Gasteiger charge is -2.17. The first kappa shape index (κ1) is 21.1. The van der Waals surface area contributed by atoms with Crippen LogP contribution >= 0.6 is 11.3 Å². The van der Waals surface area contributed by atoms with Crippen molar-refractivity contribution in [2.24, 2.45) is 0 Å². The van der Waals surface area contributed by atoms with E-state index in [4.69, 9.17) is 14.2 Å². The Morgan fingerprint density at radius 1 is 1.19 bits per heavy atom. The van der Waals surface area contributed by atoms with Crippen LogP contribution in [0.15, 0.2) is 41.3 Å². The third kappa shape index (κ3) is 4.48. The molecule has 0 atom stereocenters. The van der Waals surface area contributed by atoms with Crippen LogP contribution in [0, 0.1) is 0 Å². The highest BCUT2D eigenvalue weighted by Gasteiger charge is 2.18. The van der Waals surface area contributed by atoms with E-state index in [1.165, 1.54) is 49.8 Å². The number of thiazole rings is 1. The number of nitrogens with one attached hydrogen (secondary N) is 2. The highest BCUT2D eigenvalue weighted by atomic mass is 32.2. The van der Waals surface area contributed by atoms with Crippen LogP contribution in [0.25, 0.3) is 16.3 Å². The van der Waals surface area contributed by atoms with E-state index in [0.717, 1.165) is 4.70 Å². The van der Waals surface area contributed by atoms with Crippen molar-refractivity contribution < 1.29 is 27.4 Å². The topological polar surface area (TPSA) is 116 Å². The lowest BCUT2D eigenvalue weighted by atomic mass is 10.2. The van der Waals surface area contributed by atoms with Crippen molar-refractivity contribution >= 4 is 48.7 Å². The van der Waals surface area contributed by atoms with E-state index < -0.39 is 15.9 Å². The van der Waals surface area contributed by atoms with Gasteiger partial charge in [0.15, 0.2) is 16.6 Å². The molecule has 3 aromatic rings. The number of methoxy groups -OCH3 is 1. The summed E-state index contributed by atoms with van der Waals surface area (Å²) in [5, 5.41) is 3.15. The van der Waals surface area contributed by atoms with Gasteiger partial charge in [0.2, 0.25) is 15.9 Å². The van der Waals surface area contributed by atoms with Crippen LogP contribution in [0.4, 0.5) is 5.13 Å². The second-order valence-corrected chi connectivity index (χ2v) is 9.31. The molecule has 2 aromatic carbocycles. The fourth-order valence-electron chi connectivity index (χ4n) is 2.95. The Balaban J connectivity index is 1.51. The van der Waals surface area contributed by atoms with Gasteiger partial charge in [-0.3, -0.25) is 10.1 Å². The van der Waals surface area contributed by atoms with E-state index in [9.17, 15) is 13.2 Å². The van der Waals surface area contributed by atoms with Crippen LogP contribution in [0.5, 0.6) is 17.2 Å². The van der Waals surface area contributed by atoms with Crippen molar-refractivity contribution in [2.45, 2.75) is 4.90 Å². The molecule has 0 bridgehead atoms. The molecule has 0 spiro atoms. The molecule has 11 heteroatoms. The molecule has 2 N–H and O–H groups in total. The van der Waals surface area contributed by atoms with Crippen molar-refractivity contribution in [3.8, 4) is 17.2 Å². The fourth-order valence-corrected chi connectivity index (χ4v) is 4.76. The maximum absolute atomic E-state index is 12.3. The van der Waals surface area contributed by atoms with E-state index in [-0.39, 0.29) is 10.6 Å². The lowest BCUT2D eigenvalue weighted by Crippen LogP contribution is -2.19. The van der Waals surface area contributed by atoms with E-state index in [1.54, 1.807) is 12.1 Å². The quantitative estimate of drug-likeness (QED) is 0.542. The lowest BCUT2D eigenvalue weighted by molar-refractivity contribution is -0.111. The normalized spacial score (nSPS) is 13.5. The maximum atomic E-state index is 12.3. The number of aromatic nitrogens is 1. The standard InChI is InChI=1S/C20H19N3O6S2/c1-21-31(25,26)18-9-12(3-5-14(18)27-2)4-6-19(24)23-20-22-13-10-15-16(11-17(13)30-20)29-8-7-28-15/h3-6,9-11,21H,7-8H2,1-2H3,(H,22,23,24)/b6-4+. The number of hydrogen-bond acceptors (Lipinski definition) is 8. The number of benzene rings is 2. The first-order valence-corrected chi connectivity index (χ1v) is 11.5. The average molecular weight is 462 g/mol. The third-order valence-electron chi connectivity index (χ3n) is 4.46. The van der Waals surface area contributed by atoms with Gasteiger partial charge in [0, 0.05) is 18.2 Å². The Hall–Kier alpha value is -3.15. The first-order valence-electron chi connectivity index (χ1n) is 9.20. The summed E-state index contributed by atoms with van der Waals surface area (Å²) in [6.45, 7) is 0.980. The zero-order valence-corrected chi connectivity index (χ0v) is 18.3. The summed E-state index contributed by atoms with van der Waals surface area (Å²) in [7, 11) is -1.01. The minimum Gasteiger partial charge on any atom is -0.495 e. The molecular formula is C20H19N3O6S2. The van der Waals surface area contributed by atoms with Gasteiger partial charge in [-0.05, 0) is 30.8 Å². The molecule has 1 amide bonds. The van der Waals surface area contributed by atoms with Gasteiger partial charge in [-0.15, -0.1) is 0 Å². The number of sulfonamides is 1. The number of rotatable bonds is 6. The smallest absolute Gasteiger partial charge is 0.250 e. The minimum atomic E-state index is -3.71. The molecule has 9 nitrogen and oxygen atoms in total. The number of hydrogen-bond donors (Lipinski definition) is 2. The Morgan fingerprint density at radius 2 is 1.94 bits per heavy atom. The molecule has 0 fully saturated rings. The molecule has 0 radical (unpaired) electrons. The summed E-state index contributed by atoms with van der Waals surface area (Å²) in [5.74, 6) is 1.10. The van der Waals surface area contributed by atoms with Crippen LogP contribution < -0.4 is 24.2 Å². The van der Waals surface area contributed by atoms with Crippen molar-refractivity contribution in [3.05, 3.63) is 42.0 Å². The molecule has 0 aliphatic carbocycles. The number of amides is 1. The molecule has 1 aromatic heterocycles. The number of nitrogens with zero attached hydrogens (tertiary/aromatic N) is 1. The van der Waals surface area contributed by atoms with Gasteiger partial charge in [0.25, 0.3) is 0 Å². The van der Waals surface area contributed by atoms with Crippen molar-refractivity contribution in [1.82, 2.24) is 9.71 Å². The van der Waals surface area contributed by atoms with Gasteiger partial charge in [-0.2, -0.15) is 0 Å². The van der Waals surface area contributed by atoms with Gasteiger partial charge in [-0.25, -0.2) is 18.1 Å². The largest absolute Gasteiger partial charge is 0.495 e. The molecule has 2 heterocycles. The summed E-state index contributed by atoms with van der Waals surface area (Å²) in [6, 6.07) is 8.23. The van der Waals surface area contributed by atoms with E-state index in [1.807, 2.05) is 6.07 Å². The summed E-state index contributed by atoms with van der Waals surface area (Å²) in [6.07, 6.45) is 2.82. The first-order chi connectivity index (χ1) is 14.9. The fraction of sp³-hybridized carbons (Fsp3) is 0.200. The zero-order valence-electron chi connectivity index (χ0n) is 16.7. The van der Waals surface area contributed by atoms with Crippen LogP contribution in [0.3, 0.4) is 0 Å². The Morgan fingerprint density at radius 3 is 2.65 bits per heavy atom. The van der Waals surface area contributed by atoms with Gasteiger partial charge in [0.1, 0.15) is 23.9 Å². The second-order valence-electron chi connectivity index (χ2n) is 6.42. The van der Waals surface area contributed by atoms with Gasteiger partial charge in [-0.1, -0.05) is 17.4 Å². The monoisotopic (exact) mass is 461 g/mol. The van der Waals surface area contributed by atoms with Crippen LogP contribution in [-0.4, -0.2) is 46.7 Å². The summed E-state index contributed by atoms with van der Waals surface area (Å²) in [5.41, 5.74) is 1.22. The van der Waals surface area contributed by atoms with Gasteiger partial charge < -0.3 is 14.2 Å². The number of fused-ring (bicyclic) bond motifs is 2. The van der Waals surface area contributed by atoms with Gasteiger partial charge in [0.05, 0.1) is 17.3 Å². The Kier molecular flexibility index (Phi) is 5.81. The Labute approximate surface area is 182 Å². The second kappa shape index (κ2) is 8.53. The van der Waals surface area contributed by atoms with E-state index >= 15 is 0 Å². The molecule has 4 rings (SSSR count). The van der Waals surface area contributed by atoms with E-state index in [2.05, 4.69) is 15.0 Å². The summed E-state index contributed by atoms with van der Waals surface area (Å²) < 4.78 is 43.7. The number of anilines is 1. The van der Waals surface area contributed by atoms with Crippen molar-refractivity contribution in [2.75, 3.05) is 32.7 Å². The molecule has 0 unspecified atom stereocenters. The zero-order chi connectivity index (χ0) is 22.0. The third-order valence-corrected chi connectivity index (χ3v) is 6.82. The van der Waals surface area contributed by atoms with Gasteiger partial charge >= 0.3 is 0 Å². The highest BCUT2D eigenvalue weighted by molar-refractivity contribution is 7.89. The predicted octanol–water partition coefficient (Wildman–Crippen LogP) is 2.64.